The van der Waals surface area contributed by atoms with E-state index in [0.717, 1.165) is 5.69 Å². The van der Waals surface area contributed by atoms with Crippen molar-refractivity contribution in [1.29, 1.82) is 0 Å². The molecule has 0 heterocycles. The lowest BCUT2D eigenvalue weighted by molar-refractivity contribution is -0.111. The molecule has 1 amide bonds. The minimum Gasteiger partial charge on any atom is -0.396 e. The second kappa shape index (κ2) is 9.39. The van der Waals surface area contributed by atoms with Crippen LogP contribution in [-0.2, 0) is 4.79 Å². The summed E-state index contributed by atoms with van der Waals surface area (Å²) in [5, 5.41) is 9.23. The Morgan fingerprint density at radius 1 is 1.29 bits per heavy atom. The molecule has 0 spiro atoms. The number of nitrogens with zero attached hydrogens (tertiary/aromatic N) is 1. The van der Waals surface area contributed by atoms with Crippen molar-refractivity contribution in [3.05, 3.63) is 48.7 Å². The van der Waals surface area contributed by atoms with E-state index in [-0.39, 0.29) is 18.1 Å². The molecule has 6 heteroatoms. The van der Waals surface area contributed by atoms with Gasteiger partial charge in [0.1, 0.15) is 12.0 Å². The molecule has 0 aliphatic carbocycles. The van der Waals surface area contributed by atoms with Gasteiger partial charge in [-0.2, -0.15) is 0 Å². The van der Waals surface area contributed by atoms with Gasteiger partial charge in [0.15, 0.2) is 0 Å². The van der Waals surface area contributed by atoms with E-state index in [1.165, 1.54) is 6.08 Å². The van der Waals surface area contributed by atoms with E-state index in [1.807, 2.05) is 58.0 Å². The summed E-state index contributed by atoms with van der Waals surface area (Å²) in [6.07, 6.45) is 2.85. The molecule has 6 nitrogen and oxygen atoms in total. The number of hydrogen-bond donors (Lipinski definition) is 4. The fraction of sp³-hybridized carbons (Fsp3) is 0.333. The number of carbonyl (C=O) groups is 1. The maximum Gasteiger partial charge on any atom is 0.247 e. The van der Waals surface area contributed by atoms with Gasteiger partial charge in [-0.15, -0.1) is 0 Å². The first-order chi connectivity index (χ1) is 11.3. The lowest BCUT2D eigenvalue weighted by Crippen LogP contribution is -2.35. The van der Waals surface area contributed by atoms with E-state index < -0.39 is 0 Å². The van der Waals surface area contributed by atoms with Crippen molar-refractivity contribution in [2.45, 2.75) is 39.9 Å². The Morgan fingerprint density at radius 2 is 1.96 bits per heavy atom. The Hall–Kier alpha value is -2.76. The fourth-order valence-corrected chi connectivity index (χ4v) is 1.95. The smallest absolute Gasteiger partial charge is 0.247 e. The number of allylic oxidation sites excluding steroid dienone is 1. The van der Waals surface area contributed by atoms with Gasteiger partial charge in [-0.1, -0.05) is 18.7 Å². The number of aliphatic imine (C=N–C) groups is 1. The molecular formula is C18H27N5O. The van der Waals surface area contributed by atoms with Gasteiger partial charge in [-0.3, -0.25) is 4.79 Å². The Bertz CT molecular complexity index is 634. The maximum absolute atomic E-state index is 11.4. The van der Waals surface area contributed by atoms with Gasteiger partial charge >= 0.3 is 0 Å². The highest BCUT2D eigenvalue weighted by Crippen LogP contribution is 2.16. The second-order valence-electron chi connectivity index (χ2n) is 5.62. The third-order valence-corrected chi connectivity index (χ3v) is 3.02. The van der Waals surface area contributed by atoms with Crippen LogP contribution < -0.4 is 21.7 Å². The standard InChI is InChI=1S/C18H27N5O/c1-6-16(19)18(20-12(3)4)22-13(5)21-14-9-8-10-15(11-14)23-17(24)7-2/h6-13,21H,2,19H2,1,3-5H3,(H,20,22)(H,23,24)/b16-6+. The van der Waals surface area contributed by atoms with Crippen LogP contribution in [-0.4, -0.2) is 24.0 Å². The van der Waals surface area contributed by atoms with Crippen LogP contribution in [0.4, 0.5) is 11.4 Å². The van der Waals surface area contributed by atoms with Crippen LogP contribution in [0.25, 0.3) is 0 Å². The first-order valence-electron chi connectivity index (χ1n) is 7.92. The molecule has 0 fully saturated rings. The molecule has 24 heavy (non-hydrogen) atoms. The average Bonchev–Trinajstić information content (AvgIpc) is 2.53. The third-order valence-electron chi connectivity index (χ3n) is 3.02. The zero-order valence-corrected chi connectivity index (χ0v) is 14.8. The molecular weight excluding hydrogens is 302 g/mol. The van der Waals surface area contributed by atoms with Gasteiger partial charge in [0, 0.05) is 17.4 Å². The SMILES string of the molecule is C=CC(=O)Nc1cccc(NC(C)/N=C(NC(C)C)\C(N)=C/C)c1. The molecule has 0 aromatic heterocycles. The van der Waals surface area contributed by atoms with Gasteiger partial charge in [-0.05, 0) is 52.0 Å². The number of hydrogen-bond acceptors (Lipinski definition) is 4. The van der Waals surface area contributed by atoms with Crippen LogP contribution >= 0.6 is 0 Å². The monoisotopic (exact) mass is 329 g/mol. The Balaban J connectivity index is 2.87. The highest BCUT2D eigenvalue weighted by molar-refractivity contribution is 5.99. The largest absolute Gasteiger partial charge is 0.396 e. The number of anilines is 2. The number of rotatable bonds is 7. The van der Waals surface area contributed by atoms with E-state index in [2.05, 4.69) is 27.5 Å². The molecule has 0 bridgehead atoms. The molecule has 0 saturated carbocycles. The molecule has 1 aromatic carbocycles. The summed E-state index contributed by atoms with van der Waals surface area (Å²) in [6.45, 7) is 11.3. The zero-order valence-electron chi connectivity index (χ0n) is 14.8. The van der Waals surface area contributed by atoms with E-state index >= 15 is 0 Å². The van der Waals surface area contributed by atoms with Gasteiger partial charge in [-0.25, -0.2) is 4.99 Å². The van der Waals surface area contributed by atoms with Gasteiger partial charge in [0.25, 0.3) is 0 Å². The highest BCUT2D eigenvalue weighted by Gasteiger charge is 2.08. The fourth-order valence-electron chi connectivity index (χ4n) is 1.95. The van der Waals surface area contributed by atoms with Crippen LogP contribution in [0.5, 0.6) is 0 Å². The summed E-state index contributed by atoms with van der Waals surface area (Å²) in [5.74, 6) is 0.408. The van der Waals surface area contributed by atoms with Crippen molar-refractivity contribution in [1.82, 2.24) is 5.32 Å². The predicted octanol–water partition coefficient (Wildman–Crippen LogP) is 2.83. The average molecular weight is 329 g/mol. The van der Waals surface area contributed by atoms with Crippen LogP contribution in [0.3, 0.4) is 0 Å². The topological polar surface area (TPSA) is 91.5 Å². The Labute approximate surface area is 143 Å². The van der Waals surface area contributed by atoms with Gasteiger partial charge < -0.3 is 21.7 Å². The quantitative estimate of drug-likeness (QED) is 0.352. The molecule has 1 rings (SSSR count). The predicted molar refractivity (Wildman–Crippen MR) is 102 cm³/mol. The van der Waals surface area contributed by atoms with E-state index in [0.29, 0.717) is 17.2 Å². The number of carbonyl (C=O) groups excluding carboxylic acids is 1. The van der Waals surface area contributed by atoms with Gasteiger partial charge in [0.05, 0.1) is 5.70 Å². The number of nitrogens with two attached hydrogens (primary N) is 1. The minimum absolute atomic E-state index is 0.199. The summed E-state index contributed by atoms with van der Waals surface area (Å²) in [7, 11) is 0. The second-order valence-corrected chi connectivity index (χ2v) is 5.62. The van der Waals surface area contributed by atoms with Crippen molar-refractivity contribution >= 4 is 23.1 Å². The van der Waals surface area contributed by atoms with Crippen LogP contribution in [0, 0.1) is 0 Å². The molecule has 0 radical (unpaired) electrons. The molecule has 0 saturated heterocycles. The maximum atomic E-state index is 11.4. The summed E-state index contributed by atoms with van der Waals surface area (Å²) in [4.78, 5) is 16.0. The van der Waals surface area contributed by atoms with E-state index in [1.54, 1.807) is 0 Å². The zero-order chi connectivity index (χ0) is 18.1. The summed E-state index contributed by atoms with van der Waals surface area (Å²) in [5.41, 5.74) is 8.12. The minimum atomic E-state index is -0.248. The van der Waals surface area contributed by atoms with Crippen molar-refractivity contribution in [3.63, 3.8) is 0 Å². The number of nitrogens with one attached hydrogen (secondary N) is 3. The van der Waals surface area contributed by atoms with E-state index in [9.17, 15) is 4.79 Å². The van der Waals surface area contributed by atoms with Crippen LogP contribution in [0.2, 0.25) is 0 Å². The Morgan fingerprint density at radius 3 is 2.54 bits per heavy atom. The Kier molecular flexibility index (Phi) is 7.55. The van der Waals surface area contributed by atoms with Crippen molar-refractivity contribution < 1.29 is 4.79 Å². The number of benzene rings is 1. The normalized spacial score (nSPS) is 13.4. The molecule has 130 valence electrons. The van der Waals surface area contributed by atoms with Crippen molar-refractivity contribution in [2.24, 2.45) is 10.7 Å². The third kappa shape index (κ3) is 6.56. The molecule has 1 aromatic rings. The highest BCUT2D eigenvalue weighted by atomic mass is 16.1. The molecule has 5 N–H and O–H groups in total. The van der Waals surface area contributed by atoms with Gasteiger partial charge in [0.2, 0.25) is 5.91 Å². The molecule has 0 aliphatic rings. The number of amides is 1. The molecule has 1 atom stereocenters. The van der Waals surface area contributed by atoms with Crippen molar-refractivity contribution in [3.8, 4) is 0 Å². The van der Waals surface area contributed by atoms with E-state index in [4.69, 9.17) is 5.73 Å². The molecule has 1 unspecified atom stereocenters. The summed E-state index contributed by atoms with van der Waals surface area (Å²) < 4.78 is 0. The molecule has 0 aliphatic heterocycles. The van der Waals surface area contributed by atoms with Crippen LogP contribution in [0.15, 0.2) is 53.7 Å². The lowest BCUT2D eigenvalue weighted by atomic mass is 10.2. The van der Waals surface area contributed by atoms with Crippen molar-refractivity contribution in [2.75, 3.05) is 10.6 Å². The summed E-state index contributed by atoms with van der Waals surface area (Å²) in [6, 6.07) is 7.63. The number of amidine groups is 1. The first kappa shape index (κ1) is 19.3. The lowest BCUT2D eigenvalue weighted by Gasteiger charge is -2.18. The first-order valence-corrected chi connectivity index (χ1v) is 7.92. The summed E-state index contributed by atoms with van der Waals surface area (Å²) >= 11 is 0. The van der Waals surface area contributed by atoms with Crippen LogP contribution in [0.1, 0.15) is 27.7 Å².